The zero-order chi connectivity index (χ0) is 8.10. The molecule has 0 saturated heterocycles. The van der Waals surface area contributed by atoms with Crippen molar-refractivity contribution in [3.05, 3.63) is 35.9 Å². The highest BCUT2D eigenvalue weighted by Crippen LogP contribution is 1.93. The van der Waals surface area contributed by atoms with E-state index in [9.17, 15) is 0 Å². The molecule has 0 spiro atoms. The van der Waals surface area contributed by atoms with E-state index in [1.807, 2.05) is 50.6 Å². The van der Waals surface area contributed by atoms with Crippen molar-refractivity contribution in [2.24, 2.45) is 5.10 Å². The Morgan fingerprint density at radius 1 is 1.18 bits per heavy atom. The molecular formula is C9H12N2. The first kappa shape index (κ1) is 7.79. The Morgan fingerprint density at radius 3 is 2.36 bits per heavy atom. The Labute approximate surface area is 67.2 Å². The predicted octanol–water partition coefficient (Wildman–Crippen LogP) is 1.58. The van der Waals surface area contributed by atoms with Gasteiger partial charge in [-0.15, -0.1) is 0 Å². The van der Waals surface area contributed by atoms with Gasteiger partial charge in [0.1, 0.15) is 0 Å². The minimum atomic E-state index is 1.13. The number of hydrazone groups is 1. The van der Waals surface area contributed by atoms with E-state index in [1.54, 1.807) is 5.01 Å². The highest BCUT2D eigenvalue weighted by Gasteiger charge is 1.82. The second-order valence-corrected chi connectivity index (χ2v) is 2.50. The molecule has 2 heteroatoms. The molecule has 0 bridgehead atoms. The van der Waals surface area contributed by atoms with Gasteiger partial charge in [0.15, 0.2) is 0 Å². The Morgan fingerprint density at radius 2 is 1.82 bits per heavy atom. The first-order chi connectivity index (χ1) is 5.29. The first-order valence-corrected chi connectivity index (χ1v) is 3.55. The van der Waals surface area contributed by atoms with E-state index in [0.29, 0.717) is 0 Å². The summed E-state index contributed by atoms with van der Waals surface area (Å²) in [6.45, 7) is 0. The highest BCUT2D eigenvalue weighted by molar-refractivity contribution is 5.79. The lowest BCUT2D eigenvalue weighted by Gasteiger charge is -2.01. The molecule has 0 atom stereocenters. The van der Waals surface area contributed by atoms with Gasteiger partial charge in [-0.1, -0.05) is 30.3 Å². The summed E-state index contributed by atoms with van der Waals surface area (Å²) in [4.78, 5) is 0. The highest BCUT2D eigenvalue weighted by atomic mass is 15.4. The SMILES string of the molecule is CN(C)/N=C/c1ccccc1. The van der Waals surface area contributed by atoms with Crippen LogP contribution in [0, 0.1) is 0 Å². The van der Waals surface area contributed by atoms with Gasteiger partial charge in [0.2, 0.25) is 0 Å². The molecule has 11 heavy (non-hydrogen) atoms. The van der Waals surface area contributed by atoms with Crippen LogP contribution in [0.1, 0.15) is 5.56 Å². The van der Waals surface area contributed by atoms with Crippen LogP contribution in [0.2, 0.25) is 0 Å². The van der Waals surface area contributed by atoms with Crippen LogP contribution in [0.15, 0.2) is 35.4 Å². The molecule has 0 aliphatic heterocycles. The van der Waals surface area contributed by atoms with Crippen molar-refractivity contribution in [3.63, 3.8) is 0 Å². The van der Waals surface area contributed by atoms with Crippen LogP contribution in [0.5, 0.6) is 0 Å². The zero-order valence-corrected chi connectivity index (χ0v) is 6.86. The molecule has 0 saturated carbocycles. The molecule has 0 aromatic heterocycles. The fraction of sp³-hybridized carbons (Fsp3) is 0.222. The summed E-state index contributed by atoms with van der Waals surface area (Å²) in [7, 11) is 3.80. The van der Waals surface area contributed by atoms with E-state index in [-0.39, 0.29) is 0 Å². The van der Waals surface area contributed by atoms with Crippen molar-refractivity contribution in [2.75, 3.05) is 14.1 Å². The summed E-state index contributed by atoms with van der Waals surface area (Å²) in [6.07, 6.45) is 1.83. The quantitative estimate of drug-likeness (QED) is 0.459. The van der Waals surface area contributed by atoms with Gasteiger partial charge >= 0.3 is 0 Å². The van der Waals surface area contributed by atoms with Crippen LogP contribution in [-0.4, -0.2) is 25.3 Å². The normalized spacial score (nSPS) is 10.4. The van der Waals surface area contributed by atoms with Crippen LogP contribution >= 0.6 is 0 Å². The number of nitrogens with zero attached hydrogens (tertiary/aromatic N) is 2. The summed E-state index contributed by atoms with van der Waals surface area (Å²) >= 11 is 0. The smallest absolute Gasteiger partial charge is 0.0542 e. The largest absolute Gasteiger partial charge is 0.303 e. The fourth-order valence-corrected chi connectivity index (χ4v) is 0.721. The monoisotopic (exact) mass is 148 g/mol. The van der Waals surface area contributed by atoms with E-state index < -0.39 is 0 Å². The van der Waals surface area contributed by atoms with Gasteiger partial charge in [-0.2, -0.15) is 5.10 Å². The van der Waals surface area contributed by atoms with Gasteiger partial charge in [0, 0.05) is 14.1 Å². The molecule has 2 nitrogen and oxygen atoms in total. The van der Waals surface area contributed by atoms with Crippen molar-refractivity contribution in [2.45, 2.75) is 0 Å². The lowest BCUT2D eigenvalue weighted by Crippen LogP contribution is -2.01. The molecule has 0 amide bonds. The maximum Gasteiger partial charge on any atom is 0.0542 e. The molecule has 0 aliphatic rings. The molecular weight excluding hydrogens is 136 g/mol. The topological polar surface area (TPSA) is 15.6 Å². The molecule has 0 fully saturated rings. The second-order valence-electron chi connectivity index (χ2n) is 2.50. The molecule has 0 heterocycles. The average molecular weight is 148 g/mol. The molecule has 0 N–H and O–H groups in total. The Balaban J connectivity index is 2.65. The molecule has 1 aromatic rings. The zero-order valence-electron chi connectivity index (χ0n) is 6.86. The van der Waals surface area contributed by atoms with Crippen molar-refractivity contribution in [3.8, 4) is 0 Å². The lowest BCUT2D eigenvalue weighted by atomic mass is 10.2. The number of hydrogen-bond donors (Lipinski definition) is 0. The Hall–Kier alpha value is -1.31. The van der Waals surface area contributed by atoms with Gasteiger partial charge in [-0.3, -0.25) is 0 Å². The van der Waals surface area contributed by atoms with Crippen LogP contribution in [0.25, 0.3) is 0 Å². The van der Waals surface area contributed by atoms with Gasteiger partial charge in [-0.05, 0) is 5.56 Å². The Kier molecular flexibility index (Phi) is 2.66. The maximum atomic E-state index is 4.10. The fourth-order valence-electron chi connectivity index (χ4n) is 0.721. The minimum absolute atomic E-state index is 1.13. The van der Waals surface area contributed by atoms with Gasteiger partial charge in [-0.25, -0.2) is 0 Å². The van der Waals surface area contributed by atoms with E-state index in [2.05, 4.69) is 5.10 Å². The average Bonchev–Trinajstić information content (AvgIpc) is 2.03. The predicted molar refractivity (Wildman–Crippen MR) is 47.7 cm³/mol. The third kappa shape index (κ3) is 2.85. The van der Waals surface area contributed by atoms with E-state index in [4.69, 9.17) is 0 Å². The molecule has 58 valence electrons. The molecule has 0 aliphatic carbocycles. The van der Waals surface area contributed by atoms with Gasteiger partial charge < -0.3 is 5.01 Å². The van der Waals surface area contributed by atoms with Gasteiger partial charge in [0.05, 0.1) is 6.21 Å². The summed E-state index contributed by atoms with van der Waals surface area (Å²) in [5.41, 5.74) is 1.13. The van der Waals surface area contributed by atoms with Crippen molar-refractivity contribution in [1.29, 1.82) is 0 Å². The summed E-state index contributed by atoms with van der Waals surface area (Å²) in [5, 5.41) is 5.87. The van der Waals surface area contributed by atoms with Crippen LogP contribution < -0.4 is 0 Å². The summed E-state index contributed by atoms with van der Waals surface area (Å²) < 4.78 is 0. The van der Waals surface area contributed by atoms with E-state index in [0.717, 1.165) is 5.56 Å². The maximum absolute atomic E-state index is 4.10. The Bertz CT molecular complexity index is 227. The molecule has 0 radical (unpaired) electrons. The summed E-state index contributed by atoms with van der Waals surface area (Å²) in [5.74, 6) is 0. The van der Waals surface area contributed by atoms with Crippen molar-refractivity contribution < 1.29 is 0 Å². The van der Waals surface area contributed by atoms with E-state index in [1.165, 1.54) is 0 Å². The lowest BCUT2D eigenvalue weighted by molar-refractivity contribution is 0.440. The number of hydrogen-bond acceptors (Lipinski definition) is 2. The third-order valence-corrected chi connectivity index (χ3v) is 1.24. The second kappa shape index (κ2) is 3.76. The van der Waals surface area contributed by atoms with Crippen molar-refractivity contribution >= 4 is 6.21 Å². The van der Waals surface area contributed by atoms with Crippen LogP contribution in [0.4, 0.5) is 0 Å². The minimum Gasteiger partial charge on any atom is -0.303 e. The van der Waals surface area contributed by atoms with E-state index >= 15 is 0 Å². The van der Waals surface area contributed by atoms with Crippen LogP contribution in [0.3, 0.4) is 0 Å². The summed E-state index contributed by atoms with van der Waals surface area (Å²) in [6, 6.07) is 10.0. The van der Waals surface area contributed by atoms with Crippen LogP contribution in [-0.2, 0) is 0 Å². The number of rotatable bonds is 2. The third-order valence-electron chi connectivity index (χ3n) is 1.24. The number of benzene rings is 1. The molecule has 1 rings (SSSR count). The first-order valence-electron chi connectivity index (χ1n) is 3.55. The van der Waals surface area contributed by atoms with Gasteiger partial charge in [0.25, 0.3) is 0 Å². The molecule has 0 unspecified atom stereocenters. The van der Waals surface area contributed by atoms with Crippen molar-refractivity contribution in [1.82, 2.24) is 5.01 Å². The standard InChI is InChI=1S/C9H12N2/c1-11(2)10-8-9-6-4-3-5-7-9/h3-8H,1-2H3/b10-8+. The molecule has 1 aromatic carbocycles.